The topological polar surface area (TPSA) is 9.23 Å². The minimum atomic E-state index is -0.710. The maximum atomic E-state index is 6.99. The van der Waals surface area contributed by atoms with E-state index < -0.39 is 8.80 Å². The van der Waals surface area contributed by atoms with Gasteiger partial charge in [0.15, 0.2) is 0 Å². The fraction of sp³-hybridized carbons (Fsp3) is 0.286. The first-order valence-electron chi connectivity index (χ1n) is 11.2. The molecule has 32 heavy (non-hydrogen) atoms. The molecule has 1 aliphatic carbocycles. The molecule has 0 N–H and O–H groups in total. The summed E-state index contributed by atoms with van der Waals surface area (Å²) >= 11 is 13.5. The summed E-state index contributed by atoms with van der Waals surface area (Å²) in [5.74, 6) is 0.889. The Morgan fingerprint density at radius 2 is 1.69 bits per heavy atom. The Bertz CT molecular complexity index is 1180. The van der Waals surface area contributed by atoms with Crippen molar-refractivity contribution in [1.29, 1.82) is 0 Å². The van der Waals surface area contributed by atoms with Crippen LogP contribution in [0.3, 0.4) is 0 Å². The number of benzene rings is 3. The largest absolute Gasteiger partial charge is 0.489 e. The van der Waals surface area contributed by atoms with Gasteiger partial charge in [-0.1, -0.05) is 80.0 Å². The number of hydrogen-bond acceptors (Lipinski definition) is 1. The molecule has 3 aromatic carbocycles. The van der Waals surface area contributed by atoms with Crippen molar-refractivity contribution in [3.05, 3.63) is 87.4 Å². The summed E-state index contributed by atoms with van der Waals surface area (Å²) in [4.78, 5) is 0. The summed E-state index contributed by atoms with van der Waals surface area (Å²) in [5, 5.41) is 1.57. The van der Waals surface area contributed by atoms with Crippen LogP contribution in [0.4, 0.5) is 0 Å². The van der Waals surface area contributed by atoms with Gasteiger partial charge in [-0.15, -0.1) is 0 Å². The molecule has 0 amide bonds. The molecule has 0 spiro atoms. The predicted octanol–water partition coefficient (Wildman–Crippen LogP) is 9.03. The molecule has 0 saturated heterocycles. The lowest BCUT2D eigenvalue weighted by Gasteiger charge is -2.26. The molecule has 0 aliphatic heterocycles. The Balaban J connectivity index is 2.06. The first-order valence-corrected chi connectivity index (χ1v) is 14.0. The molecule has 4 rings (SSSR count). The minimum absolute atomic E-state index is 0.348. The molecule has 1 unspecified atom stereocenters. The number of hydrogen-bond donors (Lipinski definition) is 0. The van der Waals surface area contributed by atoms with Gasteiger partial charge in [0.1, 0.15) is 12.4 Å². The molecule has 0 aromatic heterocycles. The Labute approximate surface area is 203 Å². The van der Waals surface area contributed by atoms with Crippen LogP contribution in [0.25, 0.3) is 22.3 Å². The molecule has 4 heteroatoms. The standard InChI is InChI=1S/C28H29Cl2OSi/c1-6-13-31-27-18(5)14-17(4)15-23(27)25-24(30)12-11-21-20-10-9-19(29)16-22(20)28(26(21)25)32(7-2)8-3/h6,9-12,14-16,28H,1,7-8,13H2,2-5H3. The number of aryl methyl sites for hydroxylation is 2. The fourth-order valence-corrected chi connectivity index (χ4v) is 8.28. The maximum Gasteiger partial charge on any atom is 0.130 e. The molecular weight excluding hydrogens is 451 g/mol. The van der Waals surface area contributed by atoms with Crippen LogP contribution in [0.15, 0.2) is 55.1 Å². The van der Waals surface area contributed by atoms with Gasteiger partial charge in [-0.05, 0) is 71.5 Å². The third-order valence-corrected chi connectivity index (χ3v) is 10.2. The van der Waals surface area contributed by atoms with Gasteiger partial charge in [0.25, 0.3) is 0 Å². The molecule has 0 fully saturated rings. The van der Waals surface area contributed by atoms with E-state index in [0.717, 1.165) is 32.5 Å². The average molecular weight is 481 g/mol. The summed E-state index contributed by atoms with van der Waals surface area (Å²) in [6, 6.07) is 17.3. The maximum absolute atomic E-state index is 6.99. The second kappa shape index (κ2) is 9.47. The average Bonchev–Trinajstić information content (AvgIpc) is 3.07. The van der Waals surface area contributed by atoms with Gasteiger partial charge in [-0.3, -0.25) is 0 Å². The molecule has 165 valence electrons. The first kappa shape index (κ1) is 23.2. The van der Waals surface area contributed by atoms with Crippen molar-refractivity contribution in [2.45, 2.75) is 45.3 Å². The molecular formula is C28H29Cl2OSi. The zero-order valence-electron chi connectivity index (χ0n) is 19.2. The first-order chi connectivity index (χ1) is 15.4. The quantitative estimate of drug-likeness (QED) is 0.242. The van der Waals surface area contributed by atoms with E-state index in [0.29, 0.717) is 12.1 Å². The van der Waals surface area contributed by atoms with Crippen molar-refractivity contribution in [2.24, 2.45) is 0 Å². The Hall–Kier alpha value is -2.00. The lowest BCUT2D eigenvalue weighted by molar-refractivity contribution is 0.362. The summed E-state index contributed by atoms with van der Waals surface area (Å²) in [6.45, 7) is 13.2. The van der Waals surface area contributed by atoms with E-state index in [1.165, 1.54) is 39.9 Å². The number of halogens is 2. The highest BCUT2D eigenvalue weighted by Gasteiger charge is 2.37. The molecule has 3 aromatic rings. The Morgan fingerprint density at radius 3 is 2.38 bits per heavy atom. The van der Waals surface area contributed by atoms with Crippen molar-refractivity contribution >= 4 is 32.0 Å². The Kier molecular flexibility index (Phi) is 6.85. The van der Waals surface area contributed by atoms with Crippen LogP contribution in [0.5, 0.6) is 5.75 Å². The third-order valence-electron chi connectivity index (χ3n) is 6.45. The van der Waals surface area contributed by atoms with Gasteiger partial charge in [-0.25, -0.2) is 0 Å². The second-order valence-electron chi connectivity index (χ2n) is 8.47. The van der Waals surface area contributed by atoms with Crippen LogP contribution in [0, 0.1) is 13.8 Å². The lowest BCUT2D eigenvalue weighted by Crippen LogP contribution is -2.22. The van der Waals surface area contributed by atoms with Crippen molar-refractivity contribution in [3.63, 3.8) is 0 Å². The van der Waals surface area contributed by atoms with Crippen molar-refractivity contribution in [2.75, 3.05) is 6.61 Å². The van der Waals surface area contributed by atoms with Crippen LogP contribution in [0.2, 0.25) is 22.1 Å². The van der Waals surface area contributed by atoms with E-state index >= 15 is 0 Å². The molecule has 0 heterocycles. The monoisotopic (exact) mass is 479 g/mol. The zero-order chi connectivity index (χ0) is 23.0. The van der Waals surface area contributed by atoms with Gasteiger partial charge >= 0.3 is 0 Å². The lowest BCUT2D eigenvalue weighted by atomic mass is 9.92. The van der Waals surface area contributed by atoms with Gasteiger partial charge in [-0.2, -0.15) is 0 Å². The van der Waals surface area contributed by atoms with Crippen molar-refractivity contribution < 1.29 is 4.74 Å². The van der Waals surface area contributed by atoms with Crippen LogP contribution >= 0.6 is 23.2 Å². The van der Waals surface area contributed by atoms with Gasteiger partial charge in [0, 0.05) is 26.7 Å². The van der Waals surface area contributed by atoms with Crippen LogP contribution in [-0.4, -0.2) is 15.4 Å². The summed E-state index contributed by atoms with van der Waals surface area (Å²) in [7, 11) is -0.710. The second-order valence-corrected chi connectivity index (χ2v) is 12.6. The number of fused-ring (bicyclic) bond motifs is 3. The molecule has 1 aliphatic rings. The fourth-order valence-electron chi connectivity index (χ4n) is 5.13. The third kappa shape index (κ3) is 3.94. The molecule has 1 nitrogen and oxygen atoms in total. The molecule has 0 bridgehead atoms. The van der Waals surface area contributed by atoms with Gasteiger partial charge in [0.05, 0.1) is 8.80 Å². The molecule has 1 atom stereocenters. The normalized spacial score (nSPS) is 14.4. The highest BCUT2D eigenvalue weighted by Crippen LogP contribution is 2.54. The SMILES string of the molecule is C=CCOc1c(C)cc(C)cc1-c1c(Cl)ccc2c1C([Si](CC)CC)c1cc(Cl)ccc1-2. The minimum Gasteiger partial charge on any atom is -0.489 e. The molecule has 1 radical (unpaired) electrons. The summed E-state index contributed by atoms with van der Waals surface area (Å²) < 4.78 is 6.20. The Morgan fingerprint density at radius 1 is 0.969 bits per heavy atom. The predicted molar refractivity (Wildman–Crippen MR) is 141 cm³/mol. The number of ether oxygens (including phenoxy) is 1. The number of rotatable bonds is 7. The molecule has 0 saturated carbocycles. The van der Waals surface area contributed by atoms with E-state index in [1.807, 2.05) is 12.1 Å². The summed E-state index contributed by atoms with van der Waals surface area (Å²) in [5.41, 5.74) is 10.1. The van der Waals surface area contributed by atoms with Crippen LogP contribution in [-0.2, 0) is 0 Å². The van der Waals surface area contributed by atoms with Gasteiger partial charge < -0.3 is 4.74 Å². The highest BCUT2D eigenvalue weighted by atomic mass is 35.5. The van der Waals surface area contributed by atoms with E-state index in [1.54, 1.807) is 6.08 Å². The highest BCUT2D eigenvalue weighted by molar-refractivity contribution is 6.62. The van der Waals surface area contributed by atoms with E-state index in [-0.39, 0.29) is 0 Å². The van der Waals surface area contributed by atoms with Crippen LogP contribution < -0.4 is 4.74 Å². The van der Waals surface area contributed by atoms with Gasteiger partial charge in [0.2, 0.25) is 0 Å². The van der Waals surface area contributed by atoms with E-state index in [2.05, 4.69) is 64.6 Å². The summed E-state index contributed by atoms with van der Waals surface area (Å²) in [6.07, 6.45) is 1.79. The van der Waals surface area contributed by atoms with Crippen molar-refractivity contribution in [3.8, 4) is 28.0 Å². The van der Waals surface area contributed by atoms with E-state index in [4.69, 9.17) is 27.9 Å². The zero-order valence-corrected chi connectivity index (χ0v) is 21.7. The van der Waals surface area contributed by atoms with Crippen molar-refractivity contribution in [1.82, 2.24) is 0 Å². The van der Waals surface area contributed by atoms with Crippen LogP contribution in [0.1, 0.15) is 41.6 Å². The van der Waals surface area contributed by atoms with E-state index in [9.17, 15) is 0 Å². The smallest absolute Gasteiger partial charge is 0.130 e.